The van der Waals surface area contributed by atoms with E-state index in [0.717, 1.165) is 22.3 Å². The Kier molecular flexibility index (Phi) is 8.09. The highest BCUT2D eigenvalue weighted by molar-refractivity contribution is 7.13. The van der Waals surface area contributed by atoms with Crippen molar-refractivity contribution in [2.75, 3.05) is 24.7 Å². The fourth-order valence-corrected chi connectivity index (χ4v) is 3.97. The van der Waals surface area contributed by atoms with E-state index in [-0.39, 0.29) is 11.7 Å². The molecule has 1 unspecified atom stereocenters. The number of aromatic hydroxyl groups is 4. The summed E-state index contributed by atoms with van der Waals surface area (Å²) < 4.78 is 5.33. The van der Waals surface area contributed by atoms with Crippen LogP contribution < -0.4 is 16.4 Å². The zero-order chi connectivity index (χ0) is 27.5. The van der Waals surface area contributed by atoms with Gasteiger partial charge in [-0.1, -0.05) is 30.3 Å². The lowest BCUT2D eigenvalue weighted by molar-refractivity contribution is -0.188. The van der Waals surface area contributed by atoms with Gasteiger partial charge in [0.25, 0.3) is 11.7 Å². The first-order valence-corrected chi connectivity index (χ1v) is 11.4. The molecular weight excluding hydrogens is 512 g/mol. The summed E-state index contributed by atoms with van der Waals surface area (Å²) in [5.41, 5.74) is 3.88. The Bertz CT molecular complexity index is 1240. The van der Waals surface area contributed by atoms with E-state index in [1.807, 2.05) is 0 Å². The van der Waals surface area contributed by atoms with Crippen molar-refractivity contribution in [3.63, 3.8) is 0 Å². The number of nitrogen functional groups attached to an aromatic ring is 1. The van der Waals surface area contributed by atoms with Crippen molar-refractivity contribution in [2.24, 2.45) is 0 Å². The molecule has 1 heterocycles. The van der Waals surface area contributed by atoms with Gasteiger partial charge in [0.15, 0.2) is 28.1 Å². The van der Waals surface area contributed by atoms with E-state index in [9.17, 15) is 45.6 Å². The molecule has 0 saturated carbocycles. The third kappa shape index (κ3) is 6.00. The van der Waals surface area contributed by atoms with Crippen molar-refractivity contribution < 1.29 is 50.4 Å². The number of thiazole rings is 1. The first kappa shape index (κ1) is 27.9. The minimum Gasteiger partial charge on any atom is -0.504 e. The molecule has 0 spiro atoms. The second kappa shape index (κ2) is 10.7. The van der Waals surface area contributed by atoms with Gasteiger partial charge in [0.05, 0.1) is 11.7 Å². The standard InChI is InChI=1S/C22H26N4O10S/c1-36-12(10-5-3-2-4-6-10)8-24-21(32,33)7-11-15(27)17(29)14(18(30)16(11)28)26-19(31)22(34,35)13-9-37-20(23)25-13/h2-6,9,12,24,27-30,32-35H,7-8H2,1H3,(H2,23,25)(H,26,31). The van der Waals surface area contributed by atoms with E-state index < -0.39 is 70.1 Å². The fraction of sp³-hybridized carbons (Fsp3) is 0.273. The van der Waals surface area contributed by atoms with Gasteiger partial charge in [0.2, 0.25) is 5.91 Å². The van der Waals surface area contributed by atoms with Crippen LogP contribution in [0.4, 0.5) is 10.8 Å². The summed E-state index contributed by atoms with van der Waals surface area (Å²) in [6, 6.07) is 8.82. The second-order valence-corrected chi connectivity index (χ2v) is 8.84. The molecule has 0 aliphatic rings. The molecule has 37 heavy (non-hydrogen) atoms. The van der Waals surface area contributed by atoms with Gasteiger partial charge >= 0.3 is 0 Å². The van der Waals surface area contributed by atoms with Gasteiger partial charge in [-0.05, 0) is 5.56 Å². The topological polar surface area (TPSA) is 251 Å². The number of carbonyl (C=O) groups excluding carboxylic acids is 1. The van der Waals surface area contributed by atoms with Gasteiger partial charge in [0.1, 0.15) is 11.4 Å². The van der Waals surface area contributed by atoms with Crippen LogP contribution in [0, 0.1) is 0 Å². The molecule has 0 fully saturated rings. The summed E-state index contributed by atoms with van der Waals surface area (Å²) in [6.07, 6.45) is -1.56. The highest BCUT2D eigenvalue weighted by Gasteiger charge is 2.40. The van der Waals surface area contributed by atoms with Gasteiger partial charge in [-0.15, -0.1) is 11.3 Å². The monoisotopic (exact) mass is 538 g/mol. The number of nitrogens with zero attached hydrogens (tertiary/aromatic N) is 1. The van der Waals surface area contributed by atoms with Crippen molar-refractivity contribution in [2.45, 2.75) is 24.2 Å². The lowest BCUT2D eigenvalue weighted by Crippen LogP contribution is -2.48. The van der Waals surface area contributed by atoms with Crippen molar-refractivity contribution in [3.8, 4) is 23.0 Å². The number of hydrogen-bond acceptors (Lipinski definition) is 14. The molecule has 0 aliphatic heterocycles. The van der Waals surface area contributed by atoms with Crippen LogP contribution in [0.15, 0.2) is 35.7 Å². The molecule has 12 N–H and O–H groups in total. The maximum atomic E-state index is 12.4. The molecule has 0 aliphatic carbocycles. The molecule has 1 aromatic heterocycles. The molecule has 1 amide bonds. The normalized spacial score (nSPS) is 12.9. The quantitative estimate of drug-likeness (QED) is 0.0884. The van der Waals surface area contributed by atoms with Crippen LogP contribution in [0.25, 0.3) is 0 Å². The number of benzene rings is 2. The molecule has 1 atom stereocenters. The summed E-state index contributed by atoms with van der Waals surface area (Å²) in [5.74, 6) is -12.3. The zero-order valence-electron chi connectivity index (χ0n) is 19.3. The number of anilines is 2. The number of rotatable bonds is 10. The molecule has 0 bridgehead atoms. The van der Waals surface area contributed by atoms with Crippen LogP contribution in [-0.4, -0.2) is 71.3 Å². The number of ether oxygens (including phenoxy) is 1. The number of phenolic OH excluding ortho intramolecular Hbond substituents is 4. The van der Waals surface area contributed by atoms with Crippen molar-refractivity contribution in [1.82, 2.24) is 10.3 Å². The molecule has 0 radical (unpaired) electrons. The number of aromatic nitrogens is 1. The summed E-state index contributed by atoms with van der Waals surface area (Å²) in [5, 5.41) is 87.6. The maximum absolute atomic E-state index is 12.4. The van der Waals surface area contributed by atoms with Crippen molar-refractivity contribution in [3.05, 3.63) is 52.5 Å². The molecule has 200 valence electrons. The van der Waals surface area contributed by atoms with Crippen LogP contribution in [0.2, 0.25) is 0 Å². The van der Waals surface area contributed by atoms with E-state index in [0.29, 0.717) is 0 Å². The van der Waals surface area contributed by atoms with Gasteiger partial charge in [-0.3, -0.25) is 10.1 Å². The Morgan fingerprint density at radius 2 is 1.65 bits per heavy atom. The molecule has 14 nitrogen and oxygen atoms in total. The Morgan fingerprint density at radius 1 is 1.05 bits per heavy atom. The number of phenols is 4. The predicted octanol–water partition coefficient (Wildman–Crippen LogP) is -0.518. The lowest BCUT2D eigenvalue weighted by Gasteiger charge is -2.27. The minimum absolute atomic E-state index is 0.0775. The van der Waals surface area contributed by atoms with Crippen molar-refractivity contribution >= 4 is 28.1 Å². The second-order valence-electron chi connectivity index (χ2n) is 7.95. The maximum Gasteiger partial charge on any atom is 0.291 e. The number of hydrogen-bond donors (Lipinski definition) is 11. The fourth-order valence-electron chi connectivity index (χ4n) is 3.37. The third-order valence-electron chi connectivity index (χ3n) is 5.38. The van der Waals surface area contributed by atoms with E-state index in [1.165, 1.54) is 7.11 Å². The first-order valence-electron chi connectivity index (χ1n) is 10.5. The molecular formula is C22H26N4O10S. The molecule has 15 heteroatoms. The van der Waals surface area contributed by atoms with E-state index >= 15 is 0 Å². The average Bonchev–Trinajstić information content (AvgIpc) is 3.31. The zero-order valence-corrected chi connectivity index (χ0v) is 20.1. The van der Waals surface area contributed by atoms with Gasteiger partial charge in [-0.2, -0.15) is 0 Å². The predicted molar refractivity (Wildman–Crippen MR) is 129 cm³/mol. The number of nitrogens with one attached hydrogen (secondary N) is 2. The summed E-state index contributed by atoms with van der Waals surface area (Å²) in [6.45, 7) is -0.128. The Morgan fingerprint density at radius 3 is 2.16 bits per heavy atom. The van der Waals surface area contributed by atoms with Gasteiger partial charge in [-0.25, -0.2) is 4.98 Å². The van der Waals surface area contributed by atoms with Crippen LogP contribution in [0.5, 0.6) is 23.0 Å². The highest BCUT2D eigenvalue weighted by Crippen LogP contribution is 2.51. The van der Waals surface area contributed by atoms with Crippen LogP contribution in [0.1, 0.15) is 22.9 Å². The largest absolute Gasteiger partial charge is 0.504 e. The summed E-state index contributed by atoms with van der Waals surface area (Å²) in [4.78, 5) is 16.0. The Balaban J connectivity index is 1.81. The molecule has 3 aromatic rings. The number of amides is 1. The number of carbonyl (C=O) groups is 1. The van der Waals surface area contributed by atoms with E-state index in [1.54, 1.807) is 35.6 Å². The van der Waals surface area contributed by atoms with E-state index in [4.69, 9.17) is 10.5 Å². The van der Waals surface area contributed by atoms with Crippen LogP contribution >= 0.6 is 11.3 Å². The number of aliphatic hydroxyl groups is 4. The smallest absolute Gasteiger partial charge is 0.291 e. The minimum atomic E-state index is -3.26. The van der Waals surface area contributed by atoms with E-state index in [2.05, 4.69) is 10.3 Å². The van der Waals surface area contributed by atoms with Crippen LogP contribution in [-0.2, 0) is 21.7 Å². The van der Waals surface area contributed by atoms with Crippen LogP contribution in [0.3, 0.4) is 0 Å². The average molecular weight is 539 g/mol. The number of methoxy groups -OCH3 is 1. The Labute approximate surface area is 213 Å². The molecule has 2 aromatic carbocycles. The summed E-state index contributed by atoms with van der Waals surface area (Å²) >= 11 is 0.806. The van der Waals surface area contributed by atoms with Gasteiger partial charge in [0, 0.05) is 25.5 Å². The summed E-state index contributed by atoms with van der Waals surface area (Å²) in [7, 11) is 1.41. The third-order valence-corrected chi connectivity index (χ3v) is 6.05. The number of nitrogens with two attached hydrogens (primary N) is 1. The van der Waals surface area contributed by atoms with Gasteiger partial charge < -0.3 is 56.6 Å². The lowest BCUT2D eigenvalue weighted by atomic mass is 10.0. The highest BCUT2D eigenvalue weighted by atomic mass is 32.1. The SMILES string of the molecule is COC(CNC(O)(O)Cc1c(O)c(O)c(NC(=O)C(O)(O)c2csc(N)n2)c(O)c1O)c1ccccc1. The molecule has 0 saturated heterocycles. The Hall–Kier alpha value is -3.70. The first-order chi connectivity index (χ1) is 17.3. The molecule has 3 rings (SSSR count). The van der Waals surface area contributed by atoms with Crippen molar-refractivity contribution in [1.29, 1.82) is 0 Å².